The monoisotopic (exact) mass is 312 g/mol. The fourth-order valence-corrected chi connectivity index (χ4v) is 1.77. The lowest BCUT2D eigenvalue weighted by molar-refractivity contribution is 0.0966. The topological polar surface area (TPSA) is 53.8 Å². The van der Waals surface area contributed by atoms with Gasteiger partial charge in [-0.2, -0.15) is 5.26 Å². The van der Waals surface area contributed by atoms with Crippen molar-refractivity contribution >= 4 is 5.78 Å². The number of halogens is 5. The van der Waals surface area contributed by atoms with Crippen LogP contribution in [0.2, 0.25) is 0 Å². The van der Waals surface area contributed by atoms with Crippen molar-refractivity contribution in [3.05, 3.63) is 64.7 Å². The Morgan fingerprint density at radius 2 is 1.55 bits per heavy atom. The molecule has 2 aromatic rings. The molecule has 0 bridgehead atoms. The second-order valence-electron chi connectivity index (χ2n) is 4.13. The molecule has 0 saturated heterocycles. The predicted molar refractivity (Wildman–Crippen MR) is 63.2 cm³/mol. The number of nitriles is 1. The van der Waals surface area contributed by atoms with Gasteiger partial charge < -0.3 is 0 Å². The van der Waals surface area contributed by atoms with Crippen LogP contribution in [0.3, 0.4) is 0 Å². The highest BCUT2D eigenvalue weighted by Gasteiger charge is 2.34. The molecule has 2 rings (SSSR count). The second-order valence-corrected chi connectivity index (χ2v) is 4.13. The van der Waals surface area contributed by atoms with Gasteiger partial charge in [-0.3, -0.25) is 9.78 Å². The van der Waals surface area contributed by atoms with Crippen molar-refractivity contribution in [3.63, 3.8) is 0 Å². The fraction of sp³-hybridized carbons (Fsp3) is 0.0714. The maximum Gasteiger partial charge on any atom is 0.200 e. The highest BCUT2D eigenvalue weighted by Crippen LogP contribution is 2.27. The molecule has 1 atom stereocenters. The van der Waals surface area contributed by atoms with Crippen LogP contribution in [0.15, 0.2) is 24.4 Å². The van der Waals surface area contributed by atoms with Crippen LogP contribution < -0.4 is 0 Å². The van der Waals surface area contributed by atoms with E-state index in [2.05, 4.69) is 4.98 Å². The van der Waals surface area contributed by atoms with Gasteiger partial charge in [-0.1, -0.05) is 6.07 Å². The molecule has 0 aliphatic heterocycles. The van der Waals surface area contributed by atoms with Crippen molar-refractivity contribution in [3.8, 4) is 6.07 Å². The van der Waals surface area contributed by atoms with Gasteiger partial charge in [0, 0.05) is 6.20 Å². The molecule has 112 valence electrons. The quantitative estimate of drug-likeness (QED) is 0.378. The number of nitrogens with zero attached hydrogens (tertiary/aromatic N) is 2. The molecule has 0 radical (unpaired) electrons. The third-order valence-corrected chi connectivity index (χ3v) is 2.83. The Kier molecular flexibility index (Phi) is 4.17. The SMILES string of the molecule is N#CC(C(=O)c1c(F)c(F)c(F)c(F)c1F)c1ccccn1. The summed E-state index contributed by atoms with van der Waals surface area (Å²) in [7, 11) is 0. The summed E-state index contributed by atoms with van der Waals surface area (Å²) >= 11 is 0. The first-order valence-corrected chi connectivity index (χ1v) is 5.76. The first-order chi connectivity index (χ1) is 10.4. The molecule has 0 aliphatic rings. The number of pyridine rings is 1. The average molecular weight is 312 g/mol. The Morgan fingerprint density at radius 1 is 1.00 bits per heavy atom. The van der Waals surface area contributed by atoms with Crippen molar-refractivity contribution < 1.29 is 26.7 Å². The zero-order chi connectivity index (χ0) is 16.4. The van der Waals surface area contributed by atoms with E-state index in [1.165, 1.54) is 30.5 Å². The van der Waals surface area contributed by atoms with E-state index in [9.17, 15) is 26.7 Å². The molecule has 1 heterocycles. The molecule has 1 aromatic heterocycles. The first kappa shape index (κ1) is 15.6. The molecule has 0 amide bonds. The Labute approximate surface area is 120 Å². The van der Waals surface area contributed by atoms with E-state index in [-0.39, 0.29) is 5.69 Å². The van der Waals surface area contributed by atoms with Crippen LogP contribution in [0.5, 0.6) is 0 Å². The van der Waals surface area contributed by atoms with Gasteiger partial charge in [0.2, 0.25) is 5.82 Å². The predicted octanol–water partition coefficient (Wildman–Crippen LogP) is 3.27. The number of aromatic nitrogens is 1. The van der Waals surface area contributed by atoms with Crippen LogP contribution in [0.1, 0.15) is 22.0 Å². The molecule has 0 N–H and O–H groups in total. The number of hydrogen-bond donors (Lipinski definition) is 0. The van der Waals surface area contributed by atoms with Crippen LogP contribution in [-0.2, 0) is 0 Å². The second kappa shape index (κ2) is 5.89. The minimum Gasteiger partial charge on any atom is -0.292 e. The van der Waals surface area contributed by atoms with Gasteiger partial charge in [-0.05, 0) is 12.1 Å². The van der Waals surface area contributed by atoms with E-state index in [4.69, 9.17) is 5.26 Å². The van der Waals surface area contributed by atoms with Crippen LogP contribution in [0, 0.1) is 40.4 Å². The fourth-order valence-electron chi connectivity index (χ4n) is 1.77. The number of hydrogen-bond acceptors (Lipinski definition) is 3. The zero-order valence-corrected chi connectivity index (χ0v) is 10.6. The van der Waals surface area contributed by atoms with Gasteiger partial charge >= 0.3 is 0 Å². The Morgan fingerprint density at radius 3 is 2.00 bits per heavy atom. The molecule has 0 saturated carbocycles. The van der Waals surface area contributed by atoms with Crippen molar-refractivity contribution in [2.75, 3.05) is 0 Å². The summed E-state index contributed by atoms with van der Waals surface area (Å²) in [5.41, 5.74) is -1.83. The van der Waals surface area contributed by atoms with Gasteiger partial charge in [0.1, 0.15) is 0 Å². The summed E-state index contributed by atoms with van der Waals surface area (Å²) in [6, 6.07) is 5.52. The summed E-state index contributed by atoms with van der Waals surface area (Å²) in [6.07, 6.45) is 1.21. The average Bonchev–Trinajstić information content (AvgIpc) is 2.53. The highest BCUT2D eigenvalue weighted by molar-refractivity contribution is 6.03. The molecule has 0 aliphatic carbocycles. The largest absolute Gasteiger partial charge is 0.292 e. The van der Waals surface area contributed by atoms with Gasteiger partial charge in [-0.25, -0.2) is 22.0 Å². The molecule has 22 heavy (non-hydrogen) atoms. The number of rotatable bonds is 3. The molecule has 3 nitrogen and oxygen atoms in total. The van der Waals surface area contributed by atoms with E-state index in [1.807, 2.05) is 0 Å². The Balaban J connectivity index is 2.62. The lowest BCUT2D eigenvalue weighted by Gasteiger charge is -2.10. The molecule has 1 unspecified atom stereocenters. The molecule has 0 fully saturated rings. The number of benzene rings is 1. The third-order valence-electron chi connectivity index (χ3n) is 2.83. The van der Waals surface area contributed by atoms with Crippen molar-refractivity contribution in [1.82, 2.24) is 4.98 Å². The lowest BCUT2D eigenvalue weighted by Crippen LogP contribution is -2.19. The van der Waals surface area contributed by atoms with E-state index < -0.39 is 46.4 Å². The number of Topliss-reactive ketones (excluding diaryl/α,β-unsaturated/α-hetero) is 1. The van der Waals surface area contributed by atoms with Gasteiger partial charge in [0.25, 0.3) is 0 Å². The molecule has 8 heteroatoms. The lowest BCUT2D eigenvalue weighted by atomic mass is 9.94. The van der Waals surface area contributed by atoms with Crippen molar-refractivity contribution in [2.45, 2.75) is 5.92 Å². The standard InChI is InChI=1S/C14H5F5N2O/c15-9-8(10(16)12(18)13(19)11(9)17)14(22)6(5-20)7-3-1-2-4-21-7/h1-4,6H. The van der Waals surface area contributed by atoms with Crippen molar-refractivity contribution in [2.24, 2.45) is 0 Å². The van der Waals surface area contributed by atoms with Crippen LogP contribution in [0.4, 0.5) is 22.0 Å². The summed E-state index contributed by atoms with van der Waals surface area (Å²) < 4.78 is 66.4. The van der Waals surface area contributed by atoms with Gasteiger partial charge in [-0.15, -0.1) is 0 Å². The molecular formula is C14H5F5N2O. The smallest absolute Gasteiger partial charge is 0.200 e. The zero-order valence-electron chi connectivity index (χ0n) is 10.6. The molecule has 1 aromatic carbocycles. The van der Waals surface area contributed by atoms with Crippen molar-refractivity contribution in [1.29, 1.82) is 5.26 Å². The summed E-state index contributed by atoms with van der Waals surface area (Å²) in [6.45, 7) is 0. The highest BCUT2D eigenvalue weighted by atomic mass is 19.2. The van der Waals surface area contributed by atoms with Gasteiger partial charge in [0.15, 0.2) is 35.0 Å². The minimum atomic E-state index is -2.38. The summed E-state index contributed by atoms with van der Waals surface area (Å²) in [5, 5.41) is 8.97. The normalized spacial score (nSPS) is 11.8. The van der Waals surface area contributed by atoms with Gasteiger partial charge in [0.05, 0.1) is 17.3 Å². The maximum atomic E-state index is 13.6. The summed E-state index contributed by atoms with van der Waals surface area (Å²) in [5.74, 6) is -14.8. The Hall–Kier alpha value is -2.82. The minimum absolute atomic E-state index is 0.168. The first-order valence-electron chi connectivity index (χ1n) is 5.76. The summed E-state index contributed by atoms with van der Waals surface area (Å²) in [4.78, 5) is 15.7. The number of carbonyl (C=O) groups is 1. The maximum absolute atomic E-state index is 13.6. The molecule has 0 spiro atoms. The number of carbonyl (C=O) groups excluding carboxylic acids is 1. The van der Waals surface area contributed by atoms with Crippen LogP contribution in [0.25, 0.3) is 0 Å². The number of ketones is 1. The van der Waals surface area contributed by atoms with E-state index in [1.54, 1.807) is 0 Å². The van der Waals surface area contributed by atoms with E-state index in [0.29, 0.717) is 0 Å². The Bertz CT molecular complexity index is 757. The van der Waals surface area contributed by atoms with E-state index >= 15 is 0 Å². The van der Waals surface area contributed by atoms with Crippen LogP contribution in [-0.4, -0.2) is 10.8 Å². The third kappa shape index (κ3) is 2.41. The van der Waals surface area contributed by atoms with E-state index in [0.717, 1.165) is 0 Å². The van der Waals surface area contributed by atoms with Crippen LogP contribution >= 0.6 is 0 Å². The molecular weight excluding hydrogens is 307 g/mol.